The van der Waals surface area contributed by atoms with E-state index >= 15 is 0 Å². The van der Waals surface area contributed by atoms with Crippen LogP contribution < -0.4 is 10.5 Å². The first-order valence-corrected chi connectivity index (χ1v) is 6.32. The van der Waals surface area contributed by atoms with Crippen molar-refractivity contribution in [3.63, 3.8) is 0 Å². The topological polar surface area (TPSA) is 61.0 Å². The van der Waals surface area contributed by atoms with Gasteiger partial charge in [0.1, 0.15) is 11.6 Å². The molecule has 0 aliphatic rings. The summed E-state index contributed by atoms with van der Waals surface area (Å²) < 4.78 is 18.4. The van der Waals surface area contributed by atoms with Crippen molar-refractivity contribution in [1.82, 2.24) is 9.97 Å². The van der Waals surface area contributed by atoms with Crippen LogP contribution in [0.3, 0.4) is 0 Å². The Hall–Kier alpha value is -2.95. The van der Waals surface area contributed by atoms with Crippen LogP contribution in [0.15, 0.2) is 60.9 Å². The number of aromatic nitrogens is 2. The summed E-state index contributed by atoms with van der Waals surface area (Å²) in [5.74, 6) is 0.297. The molecular weight excluding hydrogens is 269 g/mol. The summed E-state index contributed by atoms with van der Waals surface area (Å²) in [5, 5.41) is 0. The molecular formula is C16H12FN3O. The van der Waals surface area contributed by atoms with Gasteiger partial charge in [-0.15, -0.1) is 0 Å². The van der Waals surface area contributed by atoms with Gasteiger partial charge in [0.25, 0.3) is 0 Å². The largest absolute Gasteiger partial charge is 0.424 e. The van der Waals surface area contributed by atoms with Crippen LogP contribution in [0.5, 0.6) is 11.8 Å². The first-order valence-electron chi connectivity index (χ1n) is 6.32. The SMILES string of the molecule is Nc1cccc(Oc2ncc(-c3ccc(F)cc3)cn2)c1. The van der Waals surface area contributed by atoms with Gasteiger partial charge in [-0.3, -0.25) is 0 Å². The fraction of sp³-hybridized carbons (Fsp3) is 0. The van der Waals surface area contributed by atoms with Gasteiger partial charge in [-0.2, -0.15) is 0 Å². The summed E-state index contributed by atoms with van der Waals surface area (Å²) in [6.07, 6.45) is 3.25. The molecule has 0 amide bonds. The van der Waals surface area contributed by atoms with Crippen LogP contribution in [-0.4, -0.2) is 9.97 Å². The molecule has 104 valence electrons. The van der Waals surface area contributed by atoms with Crippen molar-refractivity contribution in [2.75, 3.05) is 5.73 Å². The second kappa shape index (κ2) is 5.58. The molecule has 3 aromatic rings. The molecule has 0 atom stereocenters. The van der Waals surface area contributed by atoms with Gasteiger partial charge < -0.3 is 10.5 Å². The molecule has 4 nitrogen and oxygen atoms in total. The predicted octanol–water partition coefficient (Wildman–Crippen LogP) is 3.66. The third-order valence-corrected chi connectivity index (χ3v) is 2.87. The molecule has 1 heterocycles. The molecule has 21 heavy (non-hydrogen) atoms. The number of hydrogen-bond acceptors (Lipinski definition) is 4. The summed E-state index contributed by atoms with van der Waals surface area (Å²) in [7, 11) is 0. The maximum absolute atomic E-state index is 12.9. The van der Waals surface area contributed by atoms with E-state index in [1.807, 2.05) is 0 Å². The fourth-order valence-corrected chi connectivity index (χ4v) is 1.84. The highest BCUT2D eigenvalue weighted by Crippen LogP contribution is 2.22. The Labute approximate surface area is 121 Å². The van der Waals surface area contributed by atoms with E-state index < -0.39 is 0 Å². The zero-order valence-corrected chi connectivity index (χ0v) is 11.0. The number of rotatable bonds is 3. The molecule has 1 aromatic heterocycles. The number of anilines is 1. The van der Waals surface area contributed by atoms with Crippen molar-refractivity contribution < 1.29 is 9.13 Å². The number of ether oxygens (including phenoxy) is 1. The van der Waals surface area contributed by atoms with Crippen LogP contribution in [0.1, 0.15) is 0 Å². The first kappa shape index (κ1) is 13.1. The standard InChI is InChI=1S/C16H12FN3O/c17-13-6-4-11(5-7-13)12-9-19-16(20-10-12)21-15-3-1-2-14(18)8-15/h1-10H,18H2. The van der Waals surface area contributed by atoms with Crippen molar-refractivity contribution in [2.45, 2.75) is 0 Å². The van der Waals surface area contributed by atoms with Gasteiger partial charge in [0.05, 0.1) is 0 Å². The summed E-state index contributed by atoms with van der Waals surface area (Å²) in [4.78, 5) is 8.27. The summed E-state index contributed by atoms with van der Waals surface area (Å²) in [6.45, 7) is 0. The molecule has 3 rings (SSSR count). The number of nitrogens with two attached hydrogens (primary N) is 1. The molecule has 0 fully saturated rings. The van der Waals surface area contributed by atoms with Gasteiger partial charge in [0.2, 0.25) is 0 Å². The highest BCUT2D eigenvalue weighted by Gasteiger charge is 2.03. The lowest BCUT2D eigenvalue weighted by atomic mass is 10.1. The van der Waals surface area contributed by atoms with E-state index in [1.165, 1.54) is 12.1 Å². The van der Waals surface area contributed by atoms with Gasteiger partial charge in [-0.05, 0) is 29.8 Å². The zero-order valence-electron chi connectivity index (χ0n) is 11.0. The van der Waals surface area contributed by atoms with E-state index in [2.05, 4.69) is 9.97 Å². The zero-order chi connectivity index (χ0) is 14.7. The Kier molecular flexibility index (Phi) is 3.47. The Morgan fingerprint density at radius 1 is 0.905 bits per heavy atom. The van der Waals surface area contributed by atoms with E-state index in [9.17, 15) is 4.39 Å². The van der Waals surface area contributed by atoms with Crippen molar-refractivity contribution in [3.8, 4) is 22.9 Å². The minimum atomic E-state index is -0.277. The van der Waals surface area contributed by atoms with Gasteiger partial charge in [-0.25, -0.2) is 14.4 Å². The summed E-state index contributed by atoms with van der Waals surface area (Å²) in [5.41, 5.74) is 7.91. The smallest absolute Gasteiger partial charge is 0.321 e. The lowest BCUT2D eigenvalue weighted by molar-refractivity contribution is 0.442. The van der Waals surface area contributed by atoms with Crippen molar-refractivity contribution in [2.24, 2.45) is 0 Å². The van der Waals surface area contributed by atoms with E-state index in [4.69, 9.17) is 10.5 Å². The molecule has 5 heteroatoms. The van der Waals surface area contributed by atoms with E-state index in [1.54, 1.807) is 48.8 Å². The second-order valence-corrected chi connectivity index (χ2v) is 4.44. The van der Waals surface area contributed by atoms with E-state index in [0.717, 1.165) is 11.1 Å². The van der Waals surface area contributed by atoms with Crippen LogP contribution in [0.25, 0.3) is 11.1 Å². The van der Waals surface area contributed by atoms with Gasteiger partial charge >= 0.3 is 6.01 Å². The minimum Gasteiger partial charge on any atom is -0.424 e. The molecule has 0 bridgehead atoms. The van der Waals surface area contributed by atoms with Gasteiger partial charge in [-0.1, -0.05) is 18.2 Å². The van der Waals surface area contributed by atoms with Crippen LogP contribution in [-0.2, 0) is 0 Å². The Bertz CT molecular complexity index is 742. The average Bonchev–Trinajstić information content (AvgIpc) is 2.49. The minimum absolute atomic E-state index is 0.228. The maximum atomic E-state index is 12.9. The van der Waals surface area contributed by atoms with Crippen LogP contribution >= 0.6 is 0 Å². The lowest BCUT2D eigenvalue weighted by Crippen LogP contribution is -1.93. The maximum Gasteiger partial charge on any atom is 0.321 e. The quantitative estimate of drug-likeness (QED) is 0.744. The van der Waals surface area contributed by atoms with Gasteiger partial charge in [0.15, 0.2) is 0 Å². The van der Waals surface area contributed by atoms with Crippen LogP contribution in [0.4, 0.5) is 10.1 Å². The lowest BCUT2D eigenvalue weighted by Gasteiger charge is -2.05. The Morgan fingerprint density at radius 2 is 1.62 bits per heavy atom. The molecule has 0 spiro atoms. The third kappa shape index (κ3) is 3.14. The van der Waals surface area contributed by atoms with Crippen LogP contribution in [0, 0.1) is 5.82 Å². The van der Waals surface area contributed by atoms with Crippen LogP contribution in [0.2, 0.25) is 0 Å². The molecule has 0 aliphatic carbocycles. The summed E-state index contributed by atoms with van der Waals surface area (Å²) >= 11 is 0. The molecule has 0 saturated carbocycles. The molecule has 0 aliphatic heterocycles. The van der Waals surface area contributed by atoms with E-state index in [0.29, 0.717) is 11.4 Å². The Balaban J connectivity index is 1.79. The number of nitrogens with zero attached hydrogens (tertiary/aromatic N) is 2. The predicted molar refractivity (Wildman–Crippen MR) is 78.4 cm³/mol. The normalized spacial score (nSPS) is 10.3. The van der Waals surface area contributed by atoms with Crippen molar-refractivity contribution in [3.05, 3.63) is 66.7 Å². The second-order valence-electron chi connectivity index (χ2n) is 4.44. The highest BCUT2D eigenvalue weighted by atomic mass is 19.1. The number of halogens is 1. The molecule has 0 radical (unpaired) electrons. The fourth-order valence-electron chi connectivity index (χ4n) is 1.84. The highest BCUT2D eigenvalue weighted by molar-refractivity contribution is 5.61. The van der Waals surface area contributed by atoms with Gasteiger partial charge in [0, 0.05) is 29.7 Å². The monoisotopic (exact) mass is 281 g/mol. The summed E-state index contributed by atoms with van der Waals surface area (Å²) in [6, 6.07) is 13.4. The Morgan fingerprint density at radius 3 is 2.29 bits per heavy atom. The number of hydrogen-bond donors (Lipinski definition) is 1. The molecule has 0 saturated heterocycles. The number of benzene rings is 2. The molecule has 2 N–H and O–H groups in total. The third-order valence-electron chi connectivity index (χ3n) is 2.87. The van der Waals surface area contributed by atoms with Crippen molar-refractivity contribution in [1.29, 1.82) is 0 Å². The molecule has 2 aromatic carbocycles. The average molecular weight is 281 g/mol. The van der Waals surface area contributed by atoms with E-state index in [-0.39, 0.29) is 11.8 Å². The molecule has 0 unspecified atom stereocenters. The first-order chi connectivity index (χ1) is 10.2. The number of nitrogen functional groups attached to an aromatic ring is 1. The van der Waals surface area contributed by atoms with Crippen molar-refractivity contribution >= 4 is 5.69 Å².